The molecular formula is C30H42Cl2N2O3. The van der Waals surface area contributed by atoms with E-state index < -0.39 is 0 Å². The van der Waals surface area contributed by atoms with Crippen LogP contribution in [0.15, 0.2) is 24.3 Å². The Balaban J connectivity index is 1.20. The lowest BCUT2D eigenvalue weighted by Gasteiger charge is -2.62. The van der Waals surface area contributed by atoms with Crippen molar-refractivity contribution in [3.8, 4) is 0 Å². The van der Waals surface area contributed by atoms with E-state index in [1.165, 1.54) is 19.3 Å². The molecule has 1 heterocycles. The predicted octanol–water partition coefficient (Wildman–Crippen LogP) is 6.41. The van der Waals surface area contributed by atoms with Crippen molar-refractivity contribution in [1.82, 2.24) is 5.32 Å². The molecule has 1 aromatic carbocycles. The Morgan fingerprint density at radius 3 is 2.43 bits per heavy atom. The third kappa shape index (κ3) is 5.24. The maximum Gasteiger partial charge on any atom is 0.338 e. The lowest BCUT2D eigenvalue weighted by Crippen LogP contribution is -2.63. The molecule has 1 saturated heterocycles. The molecule has 1 aromatic rings. The van der Waals surface area contributed by atoms with Gasteiger partial charge in [-0.3, -0.25) is 4.79 Å². The maximum absolute atomic E-state index is 13.0. The highest BCUT2D eigenvalue weighted by atomic mass is 35.5. The Kier molecular flexibility index (Phi) is 8.03. The number of anilines is 1. The van der Waals surface area contributed by atoms with Crippen molar-refractivity contribution in [3.05, 3.63) is 29.8 Å². The molecule has 7 heteroatoms. The Morgan fingerprint density at radius 2 is 1.73 bits per heavy atom. The third-order valence-electron chi connectivity index (χ3n) is 10.6. The maximum atomic E-state index is 13.0. The van der Waals surface area contributed by atoms with Crippen molar-refractivity contribution in [2.24, 2.45) is 29.1 Å². The number of fused-ring (bicyclic) bond motifs is 5. The summed E-state index contributed by atoms with van der Waals surface area (Å²) in [5.41, 5.74) is 1.91. The minimum absolute atomic E-state index is 0.00591. The molecular weight excluding hydrogens is 507 g/mol. The molecule has 0 unspecified atom stereocenters. The van der Waals surface area contributed by atoms with Crippen LogP contribution in [0.5, 0.6) is 0 Å². The summed E-state index contributed by atoms with van der Waals surface area (Å²) in [5, 5.41) is 3.37. The zero-order valence-corrected chi connectivity index (χ0v) is 23.8. The molecule has 1 amide bonds. The number of ether oxygens (including phenoxy) is 1. The molecule has 0 radical (unpaired) electrons. The Hall–Kier alpha value is -1.46. The number of nitrogens with zero attached hydrogens (tertiary/aromatic N) is 1. The second-order valence-corrected chi connectivity index (χ2v) is 13.2. The SMILES string of the molecule is C[C@]12CC[C@@H](OC(=O)c3ccc(N(CCCl)CCCl)cc3)C[C@@H]1CC[C@@H]1[C@@H]2CC[C@]2(C)NC(=O)CC[C@@H]12. The minimum Gasteiger partial charge on any atom is -0.459 e. The topological polar surface area (TPSA) is 58.6 Å². The fourth-order valence-corrected chi connectivity index (χ4v) is 9.01. The molecule has 5 rings (SSSR count). The van der Waals surface area contributed by atoms with Gasteiger partial charge in [0.1, 0.15) is 6.10 Å². The number of carbonyl (C=O) groups is 2. The van der Waals surface area contributed by atoms with Crippen LogP contribution < -0.4 is 10.2 Å². The second-order valence-electron chi connectivity index (χ2n) is 12.4. The van der Waals surface area contributed by atoms with E-state index in [2.05, 4.69) is 24.1 Å². The van der Waals surface area contributed by atoms with E-state index in [1.54, 1.807) is 0 Å². The number of alkyl halides is 2. The van der Waals surface area contributed by atoms with E-state index in [9.17, 15) is 9.59 Å². The molecule has 7 atom stereocenters. The number of nitrogens with one attached hydrogen (secondary N) is 1. The van der Waals surface area contributed by atoms with Crippen molar-refractivity contribution in [2.45, 2.75) is 83.3 Å². The highest BCUT2D eigenvalue weighted by Gasteiger charge is 2.58. The lowest BCUT2D eigenvalue weighted by molar-refractivity contribution is -0.142. The molecule has 0 spiro atoms. The third-order valence-corrected chi connectivity index (χ3v) is 10.9. The van der Waals surface area contributed by atoms with Gasteiger partial charge in [-0.25, -0.2) is 4.79 Å². The van der Waals surface area contributed by atoms with Gasteiger partial charge in [0.2, 0.25) is 5.91 Å². The van der Waals surface area contributed by atoms with Gasteiger partial charge in [0, 0.05) is 42.5 Å². The number of benzene rings is 1. The molecule has 204 valence electrons. The van der Waals surface area contributed by atoms with Crippen LogP contribution in [-0.2, 0) is 9.53 Å². The van der Waals surface area contributed by atoms with Gasteiger partial charge in [0.15, 0.2) is 0 Å². The molecule has 5 nitrogen and oxygen atoms in total. The van der Waals surface area contributed by atoms with Crippen molar-refractivity contribution in [1.29, 1.82) is 0 Å². The molecule has 4 aliphatic rings. The summed E-state index contributed by atoms with van der Waals surface area (Å²) in [6, 6.07) is 7.62. The molecule has 1 N–H and O–H groups in total. The van der Waals surface area contributed by atoms with Gasteiger partial charge in [0.25, 0.3) is 0 Å². The number of halogens is 2. The molecule has 0 aromatic heterocycles. The first-order valence-electron chi connectivity index (χ1n) is 14.3. The number of rotatable bonds is 7. The van der Waals surface area contributed by atoms with Gasteiger partial charge in [-0.1, -0.05) is 6.92 Å². The van der Waals surface area contributed by atoms with Gasteiger partial charge in [-0.15, -0.1) is 23.2 Å². The van der Waals surface area contributed by atoms with Gasteiger partial charge >= 0.3 is 5.97 Å². The summed E-state index contributed by atoms with van der Waals surface area (Å²) in [6.45, 7) is 6.24. The Bertz CT molecular complexity index is 982. The molecule has 3 saturated carbocycles. The van der Waals surface area contributed by atoms with E-state index >= 15 is 0 Å². The zero-order chi connectivity index (χ0) is 26.2. The van der Waals surface area contributed by atoms with Gasteiger partial charge < -0.3 is 15.0 Å². The molecule has 1 aliphatic heterocycles. The summed E-state index contributed by atoms with van der Waals surface area (Å²) >= 11 is 11.9. The first-order chi connectivity index (χ1) is 17.8. The van der Waals surface area contributed by atoms with Crippen LogP contribution in [0.3, 0.4) is 0 Å². The van der Waals surface area contributed by atoms with Crippen LogP contribution in [0.25, 0.3) is 0 Å². The van der Waals surface area contributed by atoms with E-state index in [1.807, 2.05) is 24.3 Å². The van der Waals surface area contributed by atoms with E-state index in [4.69, 9.17) is 27.9 Å². The van der Waals surface area contributed by atoms with Crippen LogP contribution in [0.4, 0.5) is 5.69 Å². The molecule has 37 heavy (non-hydrogen) atoms. The number of carbonyl (C=O) groups excluding carboxylic acids is 2. The second kappa shape index (κ2) is 11.0. The molecule has 4 fully saturated rings. The smallest absolute Gasteiger partial charge is 0.338 e. The fraction of sp³-hybridized carbons (Fsp3) is 0.733. The molecule has 0 bridgehead atoms. The zero-order valence-electron chi connectivity index (χ0n) is 22.3. The van der Waals surface area contributed by atoms with Crippen LogP contribution in [-0.4, -0.2) is 48.4 Å². The first kappa shape index (κ1) is 27.1. The van der Waals surface area contributed by atoms with Crippen LogP contribution in [0.2, 0.25) is 0 Å². The van der Waals surface area contributed by atoms with Crippen molar-refractivity contribution < 1.29 is 14.3 Å². The van der Waals surface area contributed by atoms with Crippen molar-refractivity contribution >= 4 is 40.8 Å². The normalized spacial score (nSPS) is 37.0. The van der Waals surface area contributed by atoms with E-state index in [0.29, 0.717) is 52.8 Å². The van der Waals surface area contributed by atoms with Gasteiger partial charge in [-0.2, -0.15) is 0 Å². The number of esters is 1. The average molecular weight is 550 g/mol. The first-order valence-corrected chi connectivity index (χ1v) is 15.3. The summed E-state index contributed by atoms with van der Waals surface area (Å²) < 4.78 is 6.07. The van der Waals surface area contributed by atoms with Crippen LogP contribution in [0.1, 0.15) is 82.0 Å². The Labute approximate surface area is 232 Å². The standard InChI is InChI=1S/C30H42Cl2N2O3/c1-29-13-11-23(37-28(36)20-3-6-22(7-4-20)34(17-15-31)18-16-32)19-21(29)5-8-24-25(29)12-14-30(2)26(24)9-10-27(35)33-30/h3-4,6-7,21,23-26H,5,8-19H2,1-2H3,(H,33,35)/t21-,23+,24+,25-,26-,29-,30-/m0/s1. The summed E-state index contributed by atoms with van der Waals surface area (Å²) in [7, 11) is 0. The number of piperidine rings is 1. The summed E-state index contributed by atoms with van der Waals surface area (Å²) in [4.78, 5) is 27.3. The van der Waals surface area contributed by atoms with Gasteiger partial charge in [-0.05, 0) is 112 Å². The average Bonchev–Trinajstić information content (AvgIpc) is 2.88. The quantitative estimate of drug-likeness (QED) is 0.316. The Morgan fingerprint density at radius 1 is 1.00 bits per heavy atom. The highest BCUT2D eigenvalue weighted by Crippen LogP contribution is 2.62. The number of hydrogen-bond acceptors (Lipinski definition) is 4. The fourth-order valence-electron chi connectivity index (χ4n) is 8.60. The highest BCUT2D eigenvalue weighted by molar-refractivity contribution is 6.18. The number of hydrogen-bond donors (Lipinski definition) is 1. The van der Waals surface area contributed by atoms with Crippen LogP contribution >= 0.6 is 23.2 Å². The predicted molar refractivity (Wildman–Crippen MR) is 149 cm³/mol. The van der Waals surface area contributed by atoms with E-state index in [0.717, 1.165) is 50.9 Å². The number of amides is 1. The summed E-state index contributed by atoms with van der Waals surface area (Å²) in [5.74, 6) is 3.69. The monoisotopic (exact) mass is 548 g/mol. The van der Waals surface area contributed by atoms with Crippen LogP contribution in [0, 0.1) is 29.1 Å². The van der Waals surface area contributed by atoms with Crippen molar-refractivity contribution in [2.75, 3.05) is 29.7 Å². The van der Waals surface area contributed by atoms with E-state index in [-0.39, 0.29) is 23.5 Å². The van der Waals surface area contributed by atoms with Crippen molar-refractivity contribution in [3.63, 3.8) is 0 Å². The minimum atomic E-state index is -0.221. The lowest BCUT2D eigenvalue weighted by atomic mass is 9.45. The largest absolute Gasteiger partial charge is 0.459 e. The molecule has 3 aliphatic carbocycles. The van der Waals surface area contributed by atoms with Gasteiger partial charge in [0.05, 0.1) is 5.56 Å². The summed E-state index contributed by atoms with van der Waals surface area (Å²) in [6.07, 6.45) is 9.49.